The third kappa shape index (κ3) is 5.07. The molecule has 0 heterocycles. The van der Waals surface area contributed by atoms with Gasteiger partial charge in [-0.15, -0.1) is 0 Å². The topological polar surface area (TPSA) is 75.3 Å². The van der Waals surface area contributed by atoms with Crippen LogP contribution in [0.3, 0.4) is 0 Å². The third-order valence-electron chi connectivity index (χ3n) is 4.98. The third-order valence-corrected chi connectivity index (χ3v) is 6.36. The van der Waals surface area contributed by atoms with Gasteiger partial charge in [0.05, 0.1) is 16.6 Å². The summed E-state index contributed by atoms with van der Waals surface area (Å²) < 4.78 is 27.7. The molecule has 0 aliphatic rings. The van der Waals surface area contributed by atoms with Gasteiger partial charge in [-0.3, -0.25) is 9.52 Å². The van der Waals surface area contributed by atoms with E-state index >= 15 is 0 Å². The fourth-order valence-corrected chi connectivity index (χ4v) is 4.34. The second kappa shape index (κ2) is 9.13. The van der Waals surface area contributed by atoms with Gasteiger partial charge in [-0.2, -0.15) is 0 Å². The highest BCUT2D eigenvalue weighted by molar-refractivity contribution is 7.92. The van der Waals surface area contributed by atoms with Crippen LogP contribution in [-0.2, 0) is 10.0 Å². The number of carbonyl (C=O) groups is 1. The van der Waals surface area contributed by atoms with Gasteiger partial charge in [0, 0.05) is 5.56 Å². The summed E-state index contributed by atoms with van der Waals surface area (Å²) in [5.74, 6) is -0.192. The number of hydrogen-bond donors (Lipinski definition) is 2. The van der Waals surface area contributed by atoms with E-state index in [1.165, 1.54) is 17.7 Å². The average molecular weight is 423 g/mol. The van der Waals surface area contributed by atoms with E-state index in [4.69, 9.17) is 0 Å². The minimum Gasteiger partial charge on any atom is -0.345 e. The van der Waals surface area contributed by atoms with Gasteiger partial charge in [0.2, 0.25) is 0 Å². The molecule has 1 atom stereocenters. The lowest BCUT2D eigenvalue weighted by Crippen LogP contribution is -2.28. The van der Waals surface area contributed by atoms with Crippen LogP contribution >= 0.6 is 0 Å². The van der Waals surface area contributed by atoms with E-state index in [2.05, 4.69) is 10.0 Å². The average Bonchev–Trinajstić information content (AvgIpc) is 2.74. The molecule has 3 aromatic carbocycles. The second-order valence-electron chi connectivity index (χ2n) is 7.29. The highest BCUT2D eigenvalue weighted by atomic mass is 32.2. The lowest BCUT2D eigenvalue weighted by atomic mass is 10.0. The summed E-state index contributed by atoms with van der Waals surface area (Å²) in [5.41, 5.74) is 3.83. The smallest absolute Gasteiger partial charge is 0.261 e. The second-order valence-corrected chi connectivity index (χ2v) is 8.98. The predicted molar refractivity (Wildman–Crippen MR) is 120 cm³/mol. The number of amides is 1. The Morgan fingerprint density at radius 1 is 0.933 bits per heavy atom. The van der Waals surface area contributed by atoms with E-state index in [1.807, 2.05) is 38.1 Å². The number of benzene rings is 3. The van der Waals surface area contributed by atoms with Crippen LogP contribution in [0.25, 0.3) is 0 Å². The lowest BCUT2D eigenvalue weighted by Gasteiger charge is -2.18. The van der Waals surface area contributed by atoms with Gasteiger partial charge in [-0.1, -0.05) is 55.0 Å². The Hall–Kier alpha value is -3.12. The molecule has 6 heteroatoms. The summed E-state index contributed by atoms with van der Waals surface area (Å²) in [7, 11) is -3.68. The molecule has 0 fully saturated rings. The van der Waals surface area contributed by atoms with Crippen LogP contribution in [0.15, 0.2) is 77.7 Å². The van der Waals surface area contributed by atoms with E-state index in [9.17, 15) is 13.2 Å². The number of aryl methyl sites for hydroxylation is 2. The molecule has 156 valence electrons. The zero-order valence-electron chi connectivity index (χ0n) is 17.3. The molecule has 0 aliphatic heterocycles. The van der Waals surface area contributed by atoms with Crippen LogP contribution in [0.5, 0.6) is 0 Å². The fourth-order valence-electron chi connectivity index (χ4n) is 3.18. The first-order valence-electron chi connectivity index (χ1n) is 9.86. The molecule has 0 aromatic heterocycles. The van der Waals surface area contributed by atoms with Crippen molar-refractivity contribution in [3.8, 4) is 0 Å². The van der Waals surface area contributed by atoms with Crippen molar-refractivity contribution >= 4 is 21.6 Å². The molecule has 2 N–H and O–H groups in total. The maximum Gasteiger partial charge on any atom is 0.261 e. The summed E-state index contributed by atoms with van der Waals surface area (Å²) in [6.45, 7) is 5.83. The summed E-state index contributed by atoms with van der Waals surface area (Å²) in [6.07, 6.45) is 0.767. The van der Waals surface area contributed by atoms with E-state index in [0.717, 1.165) is 12.0 Å². The van der Waals surface area contributed by atoms with Gasteiger partial charge in [0.1, 0.15) is 0 Å². The van der Waals surface area contributed by atoms with Crippen molar-refractivity contribution < 1.29 is 13.2 Å². The zero-order valence-corrected chi connectivity index (χ0v) is 18.2. The Morgan fingerprint density at radius 2 is 1.60 bits per heavy atom. The number of hydrogen-bond acceptors (Lipinski definition) is 3. The highest BCUT2D eigenvalue weighted by Gasteiger charge is 2.17. The Bertz CT molecular complexity index is 1120. The number of anilines is 1. The molecule has 0 saturated heterocycles. The maximum atomic E-state index is 12.8. The van der Waals surface area contributed by atoms with E-state index in [0.29, 0.717) is 16.8 Å². The molecule has 0 spiro atoms. The number of nitrogens with one attached hydrogen (secondary N) is 2. The van der Waals surface area contributed by atoms with Gasteiger partial charge in [-0.05, 0) is 61.7 Å². The van der Waals surface area contributed by atoms with Crippen LogP contribution in [0.1, 0.15) is 46.4 Å². The Balaban J connectivity index is 1.75. The Kier molecular flexibility index (Phi) is 6.57. The van der Waals surface area contributed by atoms with Crippen LogP contribution in [-0.4, -0.2) is 14.3 Å². The summed E-state index contributed by atoms with van der Waals surface area (Å²) in [5, 5.41) is 3.06. The molecule has 3 rings (SSSR count). The van der Waals surface area contributed by atoms with E-state index in [1.54, 1.807) is 43.3 Å². The van der Waals surface area contributed by atoms with E-state index in [-0.39, 0.29) is 16.8 Å². The van der Waals surface area contributed by atoms with Crippen LogP contribution in [0, 0.1) is 13.8 Å². The van der Waals surface area contributed by atoms with Crippen molar-refractivity contribution in [1.82, 2.24) is 5.32 Å². The molecule has 0 aliphatic carbocycles. The summed E-state index contributed by atoms with van der Waals surface area (Å²) >= 11 is 0. The summed E-state index contributed by atoms with van der Waals surface area (Å²) in [4.78, 5) is 13.0. The highest BCUT2D eigenvalue weighted by Crippen LogP contribution is 2.22. The standard InChI is InChI=1S/C24H26N2O3S/c1-4-22(19-12-10-17(2)11-13-19)25-24(27)20-14-15-23(18(3)16-20)26-30(28,29)21-8-6-5-7-9-21/h5-16,22,26H,4H2,1-3H3,(H,25,27)/t22-/m1/s1. The quantitative estimate of drug-likeness (QED) is 0.563. The van der Waals surface area contributed by atoms with E-state index < -0.39 is 10.0 Å². The first-order chi connectivity index (χ1) is 14.3. The molecule has 0 radical (unpaired) electrons. The molecular formula is C24H26N2O3S. The first kappa shape index (κ1) is 21.6. The van der Waals surface area contributed by atoms with Crippen LogP contribution < -0.4 is 10.0 Å². The SMILES string of the molecule is CC[C@@H](NC(=O)c1ccc(NS(=O)(=O)c2ccccc2)c(C)c1)c1ccc(C)cc1. The number of carbonyl (C=O) groups excluding carboxylic acids is 1. The van der Waals surface area contributed by atoms with Crippen molar-refractivity contribution in [2.75, 3.05) is 4.72 Å². The van der Waals surface area contributed by atoms with Crippen LogP contribution in [0.2, 0.25) is 0 Å². The zero-order chi connectivity index (χ0) is 21.7. The van der Waals surface area contributed by atoms with Crippen molar-refractivity contribution in [1.29, 1.82) is 0 Å². The Morgan fingerprint density at radius 3 is 2.20 bits per heavy atom. The molecule has 5 nitrogen and oxygen atoms in total. The number of rotatable bonds is 7. The largest absolute Gasteiger partial charge is 0.345 e. The molecule has 0 saturated carbocycles. The minimum atomic E-state index is -3.68. The van der Waals surface area contributed by atoms with Gasteiger partial charge in [-0.25, -0.2) is 8.42 Å². The minimum absolute atomic E-state index is 0.0883. The molecule has 1 amide bonds. The summed E-state index contributed by atoms with van der Waals surface area (Å²) in [6, 6.07) is 21.2. The van der Waals surface area contributed by atoms with Crippen molar-refractivity contribution in [3.63, 3.8) is 0 Å². The fraction of sp³-hybridized carbons (Fsp3) is 0.208. The predicted octanol–water partition coefficient (Wildman–Crippen LogP) is 4.99. The molecule has 30 heavy (non-hydrogen) atoms. The molecule has 3 aromatic rings. The molecule has 0 unspecified atom stereocenters. The van der Waals surface area contributed by atoms with Gasteiger partial charge in [0.25, 0.3) is 15.9 Å². The van der Waals surface area contributed by atoms with Gasteiger partial charge < -0.3 is 5.32 Å². The van der Waals surface area contributed by atoms with Gasteiger partial charge >= 0.3 is 0 Å². The number of sulfonamides is 1. The van der Waals surface area contributed by atoms with Crippen molar-refractivity contribution in [2.24, 2.45) is 0 Å². The van der Waals surface area contributed by atoms with Crippen LogP contribution in [0.4, 0.5) is 5.69 Å². The normalized spacial score (nSPS) is 12.2. The van der Waals surface area contributed by atoms with Gasteiger partial charge in [0.15, 0.2) is 0 Å². The Labute approximate surface area is 178 Å². The van der Waals surface area contributed by atoms with Crippen molar-refractivity contribution in [3.05, 3.63) is 95.1 Å². The molecule has 0 bridgehead atoms. The first-order valence-corrected chi connectivity index (χ1v) is 11.3. The van der Waals surface area contributed by atoms with Crippen molar-refractivity contribution in [2.45, 2.75) is 38.1 Å². The molecular weight excluding hydrogens is 396 g/mol. The lowest BCUT2D eigenvalue weighted by molar-refractivity contribution is 0.0935. The monoisotopic (exact) mass is 422 g/mol. The maximum absolute atomic E-state index is 12.8.